The third-order valence-electron chi connectivity index (χ3n) is 8.03. The molecule has 2 aromatic rings. The van der Waals surface area contributed by atoms with Crippen LogP contribution in [0.4, 0.5) is 4.79 Å². The molecule has 0 aliphatic heterocycles. The van der Waals surface area contributed by atoms with E-state index in [-0.39, 0.29) is 30.3 Å². The predicted octanol–water partition coefficient (Wildman–Crippen LogP) is 4.16. The van der Waals surface area contributed by atoms with Crippen LogP contribution in [0.25, 0.3) is 11.1 Å². The highest BCUT2D eigenvalue weighted by Gasteiger charge is 2.56. The molecule has 2 N–H and O–H groups in total. The normalized spacial score (nSPS) is 18.7. The van der Waals surface area contributed by atoms with Crippen molar-refractivity contribution in [2.24, 2.45) is 5.41 Å². The Morgan fingerprint density at radius 2 is 1.59 bits per heavy atom. The average Bonchev–Trinajstić information content (AvgIpc) is 3.57. The van der Waals surface area contributed by atoms with E-state index in [0.717, 1.165) is 30.4 Å². The Labute approximate surface area is 199 Å². The number of alkyl carbamates (subject to hydrolysis) is 1. The monoisotopic (exact) mass is 462 g/mol. The van der Waals surface area contributed by atoms with E-state index in [4.69, 9.17) is 4.74 Å². The summed E-state index contributed by atoms with van der Waals surface area (Å²) in [4.78, 5) is 38.4. The van der Waals surface area contributed by atoms with Gasteiger partial charge < -0.3 is 20.1 Å². The predicted molar refractivity (Wildman–Crippen MR) is 126 cm³/mol. The number of carboxylic acid groups (broad SMARTS) is 1. The zero-order chi connectivity index (χ0) is 23.9. The van der Waals surface area contributed by atoms with Gasteiger partial charge >= 0.3 is 12.1 Å². The molecule has 0 bridgehead atoms. The second kappa shape index (κ2) is 8.46. The van der Waals surface area contributed by atoms with Gasteiger partial charge in [0.05, 0.1) is 0 Å². The van der Waals surface area contributed by atoms with Crippen LogP contribution in [0.15, 0.2) is 48.5 Å². The smallest absolute Gasteiger partial charge is 0.407 e. The molecule has 0 atom stereocenters. The molecule has 0 spiro atoms. The van der Waals surface area contributed by atoms with E-state index in [9.17, 15) is 19.5 Å². The van der Waals surface area contributed by atoms with E-state index >= 15 is 0 Å². The fourth-order valence-electron chi connectivity index (χ4n) is 5.49. The molecule has 7 nitrogen and oxygen atoms in total. The van der Waals surface area contributed by atoms with Crippen LogP contribution >= 0.6 is 0 Å². The van der Waals surface area contributed by atoms with Crippen LogP contribution in [0.2, 0.25) is 0 Å². The van der Waals surface area contributed by atoms with Gasteiger partial charge in [0.2, 0.25) is 5.91 Å². The van der Waals surface area contributed by atoms with Gasteiger partial charge in [-0.05, 0) is 53.4 Å². The van der Waals surface area contributed by atoms with Gasteiger partial charge in [-0.25, -0.2) is 9.59 Å². The van der Waals surface area contributed by atoms with Crippen molar-refractivity contribution in [3.8, 4) is 11.1 Å². The van der Waals surface area contributed by atoms with Gasteiger partial charge in [-0.3, -0.25) is 4.79 Å². The summed E-state index contributed by atoms with van der Waals surface area (Å²) in [6.45, 7) is 0.596. The van der Waals surface area contributed by atoms with Crippen molar-refractivity contribution in [2.75, 3.05) is 20.2 Å². The van der Waals surface area contributed by atoms with Crippen LogP contribution < -0.4 is 5.32 Å². The minimum atomic E-state index is -1.04. The topological polar surface area (TPSA) is 95.9 Å². The third kappa shape index (κ3) is 3.83. The first-order chi connectivity index (χ1) is 16.4. The van der Waals surface area contributed by atoms with Crippen LogP contribution in [-0.4, -0.2) is 53.7 Å². The lowest BCUT2D eigenvalue weighted by molar-refractivity contribution is -0.152. The van der Waals surface area contributed by atoms with E-state index in [2.05, 4.69) is 29.6 Å². The lowest BCUT2D eigenvalue weighted by Crippen LogP contribution is -2.49. The number of hydrogen-bond acceptors (Lipinski definition) is 4. The molecule has 178 valence electrons. The number of aliphatic carboxylic acids is 1. The summed E-state index contributed by atoms with van der Waals surface area (Å²) in [5, 5.41) is 12.3. The summed E-state index contributed by atoms with van der Waals surface area (Å²) < 4.78 is 5.63. The summed E-state index contributed by atoms with van der Waals surface area (Å²) in [7, 11) is 1.58. The highest BCUT2D eigenvalue weighted by molar-refractivity contribution is 5.89. The number of benzene rings is 2. The Bertz CT molecular complexity index is 1090. The summed E-state index contributed by atoms with van der Waals surface area (Å²) >= 11 is 0. The largest absolute Gasteiger partial charge is 0.479 e. The first kappa shape index (κ1) is 22.4. The van der Waals surface area contributed by atoms with E-state index in [0.29, 0.717) is 19.4 Å². The van der Waals surface area contributed by atoms with Gasteiger partial charge in [0.25, 0.3) is 0 Å². The number of hydrogen-bond donors (Lipinski definition) is 2. The van der Waals surface area contributed by atoms with E-state index in [1.807, 2.05) is 24.3 Å². The number of carbonyl (C=O) groups excluding carboxylic acids is 2. The highest BCUT2D eigenvalue weighted by Crippen LogP contribution is 2.47. The fraction of sp³-hybridized carbons (Fsp3) is 0.444. The molecule has 2 amide bonds. The number of rotatable bonds is 8. The molecule has 0 unspecified atom stereocenters. The minimum Gasteiger partial charge on any atom is -0.479 e. The van der Waals surface area contributed by atoms with E-state index in [1.54, 1.807) is 7.05 Å². The van der Waals surface area contributed by atoms with E-state index in [1.165, 1.54) is 16.0 Å². The Hall–Kier alpha value is -3.35. The van der Waals surface area contributed by atoms with Crippen LogP contribution in [0, 0.1) is 5.41 Å². The van der Waals surface area contributed by atoms with Crippen molar-refractivity contribution in [1.29, 1.82) is 0 Å². The fourth-order valence-corrected chi connectivity index (χ4v) is 5.49. The number of likely N-dealkylation sites (N-methyl/N-ethyl adjacent to an activating group) is 1. The number of nitrogens with one attached hydrogen (secondary N) is 1. The first-order valence-electron chi connectivity index (χ1n) is 11.9. The second-order valence-corrected chi connectivity index (χ2v) is 10.00. The summed E-state index contributed by atoms with van der Waals surface area (Å²) in [5.41, 5.74) is 3.31. The van der Waals surface area contributed by atoms with Crippen molar-refractivity contribution >= 4 is 18.0 Å². The molecule has 0 aromatic heterocycles. The Morgan fingerprint density at radius 3 is 2.09 bits per heavy atom. The quantitative estimate of drug-likeness (QED) is 0.614. The lowest BCUT2D eigenvalue weighted by atomic mass is 9.66. The first-order valence-corrected chi connectivity index (χ1v) is 11.9. The number of carbonyl (C=O) groups is 3. The molecular weight excluding hydrogens is 432 g/mol. The van der Waals surface area contributed by atoms with Crippen LogP contribution in [0.1, 0.15) is 55.6 Å². The molecule has 0 saturated heterocycles. The third-order valence-corrected chi connectivity index (χ3v) is 8.03. The minimum absolute atomic E-state index is 0.00297. The Balaban J connectivity index is 1.17. The van der Waals surface area contributed by atoms with Crippen molar-refractivity contribution in [3.05, 3.63) is 59.7 Å². The SMILES string of the molecule is CN(C(=O)CC1(CNC(=O)OCC2c3ccccc3-c3ccccc32)CCC1)C1(C(=O)O)CC1. The number of fused-ring (bicyclic) bond motifs is 3. The van der Waals surface area contributed by atoms with Gasteiger partial charge in [-0.15, -0.1) is 0 Å². The highest BCUT2D eigenvalue weighted by atomic mass is 16.5. The van der Waals surface area contributed by atoms with Gasteiger partial charge in [0.1, 0.15) is 12.1 Å². The molecule has 7 heteroatoms. The van der Waals surface area contributed by atoms with E-state index < -0.39 is 17.6 Å². The van der Waals surface area contributed by atoms with Crippen molar-refractivity contribution in [1.82, 2.24) is 10.2 Å². The number of carboxylic acids is 1. The Kier molecular flexibility index (Phi) is 5.58. The van der Waals surface area contributed by atoms with Crippen molar-refractivity contribution in [3.63, 3.8) is 0 Å². The van der Waals surface area contributed by atoms with Gasteiger partial charge in [0.15, 0.2) is 0 Å². The maximum absolute atomic E-state index is 12.8. The molecule has 2 fully saturated rings. The van der Waals surface area contributed by atoms with Gasteiger partial charge in [-0.1, -0.05) is 55.0 Å². The van der Waals surface area contributed by atoms with Gasteiger partial charge in [0, 0.05) is 25.9 Å². The molecule has 2 saturated carbocycles. The number of ether oxygens (including phenoxy) is 1. The van der Waals surface area contributed by atoms with Crippen LogP contribution in [-0.2, 0) is 14.3 Å². The maximum atomic E-state index is 12.8. The molecule has 3 aliphatic rings. The molecular formula is C27H30N2O5. The lowest BCUT2D eigenvalue weighted by Gasteiger charge is -2.42. The molecule has 0 heterocycles. The summed E-state index contributed by atoms with van der Waals surface area (Å²) in [5.74, 6) is -1.12. The van der Waals surface area contributed by atoms with Gasteiger partial charge in [-0.2, -0.15) is 0 Å². The van der Waals surface area contributed by atoms with Crippen LogP contribution in [0.3, 0.4) is 0 Å². The maximum Gasteiger partial charge on any atom is 0.407 e. The molecule has 3 aliphatic carbocycles. The number of nitrogens with zero attached hydrogens (tertiary/aromatic N) is 1. The molecule has 5 rings (SSSR count). The standard InChI is InChI=1S/C27H30N2O5/c1-29(27(13-14-27)24(31)32)23(30)15-26(11-6-12-26)17-28-25(33)34-16-22-20-9-4-2-7-18(20)19-8-3-5-10-21(19)22/h2-5,7-10,22H,6,11-17H2,1H3,(H,28,33)(H,31,32). The van der Waals surface area contributed by atoms with Crippen LogP contribution in [0.5, 0.6) is 0 Å². The zero-order valence-electron chi connectivity index (χ0n) is 19.4. The molecule has 2 aromatic carbocycles. The molecule has 34 heavy (non-hydrogen) atoms. The molecule has 0 radical (unpaired) electrons. The summed E-state index contributed by atoms with van der Waals surface area (Å²) in [6.07, 6.45) is 3.39. The van der Waals surface area contributed by atoms with Crippen molar-refractivity contribution < 1.29 is 24.2 Å². The zero-order valence-corrected chi connectivity index (χ0v) is 19.4. The Morgan fingerprint density at radius 1 is 1.00 bits per heavy atom. The average molecular weight is 463 g/mol. The summed E-state index contributed by atoms with van der Waals surface area (Å²) in [6, 6.07) is 16.4. The number of amides is 2. The van der Waals surface area contributed by atoms with Crippen molar-refractivity contribution in [2.45, 2.75) is 50.0 Å². The second-order valence-electron chi connectivity index (χ2n) is 10.00.